The van der Waals surface area contributed by atoms with Crippen LogP contribution in [0.15, 0.2) is 59.5 Å². The third-order valence-corrected chi connectivity index (χ3v) is 6.62. The summed E-state index contributed by atoms with van der Waals surface area (Å²) in [7, 11) is -3.60. The minimum atomic E-state index is -3.60. The van der Waals surface area contributed by atoms with Gasteiger partial charge >= 0.3 is 0 Å². The van der Waals surface area contributed by atoms with E-state index in [1.54, 1.807) is 47.4 Å². The number of carbonyl (C=O) groups is 1. The monoisotopic (exact) mass is 415 g/mol. The summed E-state index contributed by atoms with van der Waals surface area (Å²) in [5.74, 6) is -0.173. The van der Waals surface area contributed by atoms with Crippen LogP contribution in [0.25, 0.3) is 6.08 Å². The van der Waals surface area contributed by atoms with E-state index in [1.165, 1.54) is 22.5 Å². The van der Waals surface area contributed by atoms with E-state index >= 15 is 0 Å². The lowest BCUT2D eigenvalue weighted by molar-refractivity contribution is -0.127. The van der Waals surface area contributed by atoms with Crippen molar-refractivity contribution in [2.75, 3.05) is 26.2 Å². The van der Waals surface area contributed by atoms with E-state index in [0.717, 1.165) is 5.56 Å². The lowest BCUT2D eigenvalue weighted by atomic mass is 10.1. The molecule has 3 rings (SSSR count). The average molecular weight is 416 g/mol. The van der Waals surface area contributed by atoms with Gasteiger partial charge in [-0.25, -0.2) is 8.42 Å². The minimum absolute atomic E-state index is 0.173. The second-order valence-electron chi connectivity index (χ2n) is 6.25. The van der Waals surface area contributed by atoms with Gasteiger partial charge in [0, 0.05) is 37.3 Å². The summed E-state index contributed by atoms with van der Waals surface area (Å²) in [5.41, 5.74) is 1.37. The van der Waals surface area contributed by atoms with E-state index in [9.17, 15) is 13.2 Å². The quantitative estimate of drug-likeness (QED) is 0.719. The average Bonchev–Trinajstić information content (AvgIpc) is 2.73. The molecule has 0 radical (unpaired) electrons. The van der Waals surface area contributed by atoms with Crippen molar-refractivity contribution in [3.05, 3.63) is 70.8 Å². The summed E-state index contributed by atoms with van der Waals surface area (Å²) in [6.07, 6.45) is 3.14. The van der Waals surface area contributed by atoms with Crippen molar-refractivity contribution in [1.82, 2.24) is 9.21 Å². The Kier molecular flexibility index (Phi) is 6.15. The van der Waals surface area contributed by atoms with Crippen molar-refractivity contribution in [1.29, 1.82) is 5.26 Å². The first kappa shape index (κ1) is 20.1. The fourth-order valence-corrected chi connectivity index (χ4v) is 4.39. The van der Waals surface area contributed by atoms with Crippen molar-refractivity contribution in [3.63, 3.8) is 0 Å². The highest BCUT2D eigenvalue weighted by Crippen LogP contribution is 2.20. The van der Waals surface area contributed by atoms with E-state index < -0.39 is 10.0 Å². The number of nitriles is 1. The Morgan fingerprint density at radius 2 is 1.61 bits per heavy atom. The summed E-state index contributed by atoms with van der Waals surface area (Å²) in [6, 6.07) is 15.0. The second kappa shape index (κ2) is 8.57. The molecular weight excluding hydrogens is 398 g/mol. The van der Waals surface area contributed by atoms with Crippen LogP contribution in [0.2, 0.25) is 5.02 Å². The SMILES string of the molecule is N#Cc1ccc(/C=C/C(=O)N2CCN(S(=O)(=O)c3ccc(Cl)cc3)CC2)cc1. The normalized spacial score (nSPS) is 15.5. The van der Waals surface area contributed by atoms with Crippen molar-refractivity contribution >= 4 is 33.6 Å². The zero-order chi connectivity index (χ0) is 20.1. The van der Waals surface area contributed by atoms with Gasteiger partial charge < -0.3 is 4.90 Å². The van der Waals surface area contributed by atoms with Gasteiger partial charge in [0.15, 0.2) is 0 Å². The Morgan fingerprint density at radius 3 is 2.18 bits per heavy atom. The first-order valence-corrected chi connectivity index (χ1v) is 10.4. The Hall–Kier alpha value is -2.66. The predicted molar refractivity (Wildman–Crippen MR) is 107 cm³/mol. The van der Waals surface area contributed by atoms with Crippen LogP contribution in [0.4, 0.5) is 0 Å². The molecule has 1 aliphatic rings. The second-order valence-corrected chi connectivity index (χ2v) is 8.62. The Bertz CT molecular complexity index is 1020. The number of hydrogen-bond donors (Lipinski definition) is 0. The van der Waals surface area contributed by atoms with E-state index in [1.807, 2.05) is 6.07 Å². The third-order valence-electron chi connectivity index (χ3n) is 4.46. The number of rotatable bonds is 4. The molecule has 144 valence electrons. The molecule has 28 heavy (non-hydrogen) atoms. The molecule has 2 aromatic rings. The molecular formula is C20H18ClN3O3S. The molecule has 0 aromatic heterocycles. The number of carbonyl (C=O) groups excluding carboxylic acids is 1. The zero-order valence-electron chi connectivity index (χ0n) is 15.0. The van der Waals surface area contributed by atoms with Gasteiger partial charge in [-0.3, -0.25) is 4.79 Å². The topological polar surface area (TPSA) is 81.5 Å². The highest BCUT2D eigenvalue weighted by molar-refractivity contribution is 7.89. The lowest BCUT2D eigenvalue weighted by Crippen LogP contribution is -2.50. The highest BCUT2D eigenvalue weighted by atomic mass is 35.5. The first-order chi connectivity index (χ1) is 13.4. The minimum Gasteiger partial charge on any atom is -0.337 e. The molecule has 0 saturated carbocycles. The molecule has 1 amide bonds. The Labute approximate surface area is 169 Å². The Balaban J connectivity index is 1.59. The van der Waals surface area contributed by atoms with Crippen molar-refractivity contribution in [2.24, 2.45) is 0 Å². The third kappa shape index (κ3) is 4.60. The molecule has 0 unspecified atom stereocenters. The molecule has 0 bridgehead atoms. The van der Waals surface area contributed by atoms with Crippen LogP contribution in [-0.2, 0) is 14.8 Å². The van der Waals surface area contributed by atoms with E-state index in [4.69, 9.17) is 16.9 Å². The molecule has 0 atom stereocenters. The molecule has 0 spiro atoms. The smallest absolute Gasteiger partial charge is 0.246 e. The summed E-state index contributed by atoms with van der Waals surface area (Å²) < 4.78 is 26.7. The van der Waals surface area contributed by atoms with Gasteiger partial charge in [0.2, 0.25) is 15.9 Å². The molecule has 0 N–H and O–H groups in total. The number of nitrogens with zero attached hydrogens (tertiary/aromatic N) is 3. The molecule has 8 heteroatoms. The van der Waals surface area contributed by atoms with Gasteiger partial charge in [0.25, 0.3) is 0 Å². The van der Waals surface area contributed by atoms with Crippen LogP contribution < -0.4 is 0 Å². The van der Waals surface area contributed by atoms with Crippen LogP contribution in [0, 0.1) is 11.3 Å². The van der Waals surface area contributed by atoms with Crippen LogP contribution >= 0.6 is 11.6 Å². The number of benzene rings is 2. The van der Waals surface area contributed by atoms with Gasteiger partial charge in [-0.2, -0.15) is 9.57 Å². The maximum atomic E-state index is 12.7. The lowest BCUT2D eigenvalue weighted by Gasteiger charge is -2.33. The number of halogens is 1. The van der Waals surface area contributed by atoms with Gasteiger partial charge in [-0.05, 0) is 48.0 Å². The molecule has 1 fully saturated rings. The van der Waals surface area contributed by atoms with Gasteiger partial charge in [0.05, 0.1) is 16.5 Å². The fourth-order valence-electron chi connectivity index (χ4n) is 2.85. The molecule has 2 aromatic carbocycles. The number of piperazine rings is 1. The fraction of sp³-hybridized carbons (Fsp3) is 0.200. The van der Waals surface area contributed by atoms with E-state index in [-0.39, 0.29) is 23.9 Å². The maximum Gasteiger partial charge on any atom is 0.246 e. The highest BCUT2D eigenvalue weighted by Gasteiger charge is 2.29. The maximum absolute atomic E-state index is 12.7. The number of amides is 1. The molecule has 1 saturated heterocycles. The summed E-state index contributed by atoms with van der Waals surface area (Å²) in [4.78, 5) is 14.2. The number of sulfonamides is 1. The summed E-state index contributed by atoms with van der Waals surface area (Å²) in [6.45, 7) is 1.12. The van der Waals surface area contributed by atoms with Crippen molar-refractivity contribution < 1.29 is 13.2 Å². The van der Waals surface area contributed by atoms with Crippen LogP contribution in [0.1, 0.15) is 11.1 Å². The standard InChI is InChI=1S/C20H18ClN3O3S/c21-18-6-8-19(9-7-18)28(26,27)24-13-11-23(12-14-24)20(25)10-5-16-1-3-17(15-22)4-2-16/h1-10H,11-14H2/b10-5+. The van der Waals surface area contributed by atoms with Crippen LogP contribution in [-0.4, -0.2) is 49.7 Å². The van der Waals surface area contributed by atoms with Gasteiger partial charge in [-0.15, -0.1) is 0 Å². The molecule has 1 heterocycles. The van der Waals surface area contributed by atoms with Crippen LogP contribution in [0.3, 0.4) is 0 Å². The van der Waals surface area contributed by atoms with Crippen molar-refractivity contribution in [3.8, 4) is 6.07 Å². The first-order valence-electron chi connectivity index (χ1n) is 8.63. The number of hydrogen-bond acceptors (Lipinski definition) is 4. The van der Waals surface area contributed by atoms with Crippen molar-refractivity contribution in [2.45, 2.75) is 4.90 Å². The largest absolute Gasteiger partial charge is 0.337 e. The Morgan fingerprint density at radius 1 is 1.00 bits per heavy atom. The van der Waals surface area contributed by atoms with Gasteiger partial charge in [0.1, 0.15) is 0 Å². The molecule has 0 aliphatic carbocycles. The van der Waals surface area contributed by atoms with E-state index in [2.05, 4.69) is 0 Å². The predicted octanol–water partition coefficient (Wildman–Crippen LogP) is 2.76. The van der Waals surface area contributed by atoms with Crippen LogP contribution in [0.5, 0.6) is 0 Å². The molecule has 6 nitrogen and oxygen atoms in total. The zero-order valence-corrected chi connectivity index (χ0v) is 16.5. The molecule has 1 aliphatic heterocycles. The summed E-state index contributed by atoms with van der Waals surface area (Å²) >= 11 is 5.82. The summed E-state index contributed by atoms with van der Waals surface area (Å²) in [5, 5.41) is 9.27. The van der Waals surface area contributed by atoms with Gasteiger partial charge in [-0.1, -0.05) is 23.7 Å². The van der Waals surface area contributed by atoms with E-state index in [0.29, 0.717) is 23.7 Å².